The molecule has 1 rings (SSSR count). The third kappa shape index (κ3) is 3.66. The molecule has 2 nitrogen and oxygen atoms in total. The van der Waals surface area contributed by atoms with E-state index in [1.54, 1.807) is 6.07 Å². The van der Waals surface area contributed by atoms with Gasteiger partial charge in [0, 0.05) is 18.0 Å². The van der Waals surface area contributed by atoms with E-state index < -0.39 is 12.5 Å². The first-order chi connectivity index (χ1) is 7.95. The highest BCUT2D eigenvalue weighted by atomic mass is 19.3. The number of benzene rings is 1. The van der Waals surface area contributed by atoms with E-state index in [2.05, 4.69) is 0 Å². The molecule has 0 spiro atoms. The molecule has 0 saturated heterocycles. The molecule has 17 heavy (non-hydrogen) atoms. The third-order valence-electron chi connectivity index (χ3n) is 2.75. The first kappa shape index (κ1) is 13.9. The van der Waals surface area contributed by atoms with Crippen LogP contribution in [0.25, 0.3) is 0 Å². The van der Waals surface area contributed by atoms with Gasteiger partial charge in [-0.15, -0.1) is 0 Å². The van der Waals surface area contributed by atoms with Gasteiger partial charge in [0.05, 0.1) is 7.11 Å². The van der Waals surface area contributed by atoms with Gasteiger partial charge in [-0.05, 0) is 17.5 Å². The number of methoxy groups -OCH3 is 1. The Balaban J connectivity index is 3.05. The summed E-state index contributed by atoms with van der Waals surface area (Å²) in [6, 6.07) is 4.89. The second-order valence-electron chi connectivity index (χ2n) is 4.39. The van der Waals surface area contributed by atoms with Gasteiger partial charge in [-0.1, -0.05) is 26.0 Å². The number of halogens is 2. The summed E-state index contributed by atoms with van der Waals surface area (Å²) in [5.41, 5.74) is 7.51. The summed E-state index contributed by atoms with van der Waals surface area (Å²) in [6.45, 7) is 4.09. The van der Waals surface area contributed by atoms with Crippen molar-refractivity contribution in [1.82, 2.24) is 0 Å². The molecule has 0 aliphatic carbocycles. The average Bonchev–Trinajstić information content (AvgIpc) is 2.27. The van der Waals surface area contributed by atoms with E-state index in [1.807, 2.05) is 26.0 Å². The molecule has 0 amide bonds. The average molecular weight is 243 g/mol. The van der Waals surface area contributed by atoms with Gasteiger partial charge in [0.25, 0.3) is 0 Å². The summed E-state index contributed by atoms with van der Waals surface area (Å²) in [7, 11) is 1.52. The predicted octanol–water partition coefficient (Wildman–Crippen LogP) is 3.47. The number of nitrogens with two attached hydrogens (primary N) is 1. The van der Waals surface area contributed by atoms with E-state index in [9.17, 15) is 8.78 Å². The fourth-order valence-corrected chi connectivity index (χ4v) is 1.72. The van der Waals surface area contributed by atoms with Crippen LogP contribution in [0, 0.1) is 0 Å². The first-order valence-corrected chi connectivity index (χ1v) is 5.67. The maximum absolute atomic E-state index is 12.3. The monoisotopic (exact) mass is 243 g/mol. The van der Waals surface area contributed by atoms with Crippen LogP contribution >= 0.6 is 0 Å². The van der Waals surface area contributed by atoms with Gasteiger partial charge in [-0.25, -0.2) is 8.78 Å². The molecule has 1 aromatic carbocycles. The number of rotatable bonds is 5. The van der Waals surface area contributed by atoms with Crippen molar-refractivity contribution in [2.24, 2.45) is 5.73 Å². The Hall–Kier alpha value is -1.16. The zero-order valence-electron chi connectivity index (χ0n) is 10.4. The molecular weight excluding hydrogens is 224 g/mol. The molecule has 0 bridgehead atoms. The number of ether oxygens (including phenoxy) is 1. The highest BCUT2D eigenvalue weighted by Gasteiger charge is 2.17. The zero-order valence-corrected chi connectivity index (χ0v) is 10.4. The van der Waals surface area contributed by atoms with Gasteiger partial charge < -0.3 is 10.5 Å². The van der Waals surface area contributed by atoms with Crippen molar-refractivity contribution in [3.05, 3.63) is 29.3 Å². The molecule has 4 heteroatoms. The van der Waals surface area contributed by atoms with Crippen molar-refractivity contribution in [3.63, 3.8) is 0 Å². The number of alkyl halides is 2. The minimum Gasteiger partial charge on any atom is -0.496 e. The molecule has 2 N–H and O–H groups in total. The largest absolute Gasteiger partial charge is 0.496 e. The standard InChI is InChI=1S/C13H19F2NO/c1-8(2)9-4-5-12(17-3)10(6-9)11(16)7-13(14)15/h4-6,8,11,13H,7,16H2,1-3H3/t11-/m1/s1. The first-order valence-electron chi connectivity index (χ1n) is 5.67. The van der Waals surface area contributed by atoms with Crippen molar-refractivity contribution in [2.75, 3.05) is 7.11 Å². The summed E-state index contributed by atoms with van der Waals surface area (Å²) in [4.78, 5) is 0. The Morgan fingerprint density at radius 3 is 2.41 bits per heavy atom. The van der Waals surface area contributed by atoms with Gasteiger partial charge in [0.1, 0.15) is 5.75 Å². The van der Waals surface area contributed by atoms with E-state index in [-0.39, 0.29) is 6.42 Å². The lowest BCUT2D eigenvalue weighted by molar-refractivity contribution is 0.128. The molecule has 0 fully saturated rings. The Kier molecular flexibility index (Phi) is 4.87. The minimum absolute atomic E-state index is 0.332. The summed E-state index contributed by atoms with van der Waals surface area (Å²) in [5, 5.41) is 0. The van der Waals surface area contributed by atoms with E-state index in [1.165, 1.54) is 7.11 Å². The van der Waals surface area contributed by atoms with Gasteiger partial charge in [-0.3, -0.25) is 0 Å². The Morgan fingerprint density at radius 1 is 1.29 bits per heavy atom. The third-order valence-corrected chi connectivity index (χ3v) is 2.75. The normalized spacial score (nSPS) is 13.2. The highest BCUT2D eigenvalue weighted by Crippen LogP contribution is 2.30. The van der Waals surface area contributed by atoms with Crippen LogP contribution in [0.15, 0.2) is 18.2 Å². The van der Waals surface area contributed by atoms with Crippen molar-refractivity contribution >= 4 is 0 Å². The van der Waals surface area contributed by atoms with Crippen molar-refractivity contribution in [3.8, 4) is 5.75 Å². The Labute approximate surface area is 101 Å². The van der Waals surface area contributed by atoms with Crippen molar-refractivity contribution in [2.45, 2.75) is 38.7 Å². The maximum atomic E-state index is 12.3. The molecule has 0 aliphatic heterocycles. The molecule has 0 aliphatic rings. The highest BCUT2D eigenvalue weighted by molar-refractivity contribution is 5.40. The minimum atomic E-state index is -2.41. The van der Waals surface area contributed by atoms with Crippen LogP contribution < -0.4 is 10.5 Å². The Bertz CT molecular complexity index is 366. The van der Waals surface area contributed by atoms with Crippen LogP contribution in [0.1, 0.15) is 43.4 Å². The van der Waals surface area contributed by atoms with Crippen molar-refractivity contribution in [1.29, 1.82) is 0 Å². The van der Waals surface area contributed by atoms with Crippen LogP contribution in [-0.2, 0) is 0 Å². The van der Waals surface area contributed by atoms with E-state index in [4.69, 9.17) is 10.5 Å². The van der Waals surface area contributed by atoms with E-state index >= 15 is 0 Å². The van der Waals surface area contributed by atoms with Crippen LogP contribution in [0.5, 0.6) is 5.75 Å². The molecule has 96 valence electrons. The van der Waals surface area contributed by atoms with Gasteiger partial charge in [0.15, 0.2) is 0 Å². The molecule has 0 unspecified atom stereocenters. The molecule has 0 radical (unpaired) electrons. The van der Waals surface area contributed by atoms with E-state index in [0.29, 0.717) is 17.2 Å². The van der Waals surface area contributed by atoms with Crippen LogP contribution in [0.3, 0.4) is 0 Å². The second kappa shape index (κ2) is 5.96. The number of hydrogen-bond acceptors (Lipinski definition) is 2. The Morgan fingerprint density at radius 2 is 1.94 bits per heavy atom. The van der Waals surface area contributed by atoms with Gasteiger partial charge in [-0.2, -0.15) is 0 Å². The predicted molar refractivity (Wildman–Crippen MR) is 64.6 cm³/mol. The SMILES string of the molecule is COc1ccc(C(C)C)cc1[C@H](N)CC(F)F. The van der Waals surface area contributed by atoms with Crippen LogP contribution in [0.2, 0.25) is 0 Å². The van der Waals surface area contributed by atoms with Crippen LogP contribution in [0.4, 0.5) is 8.78 Å². The lowest BCUT2D eigenvalue weighted by Crippen LogP contribution is -2.15. The van der Waals surface area contributed by atoms with Gasteiger partial charge >= 0.3 is 0 Å². The molecular formula is C13H19F2NO. The van der Waals surface area contributed by atoms with Crippen LogP contribution in [-0.4, -0.2) is 13.5 Å². The van der Waals surface area contributed by atoms with E-state index in [0.717, 1.165) is 5.56 Å². The molecule has 0 aromatic heterocycles. The summed E-state index contributed by atoms with van der Waals surface area (Å²) < 4.78 is 29.8. The fourth-order valence-electron chi connectivity index (χ4n) is 1.72. The van der Waals surface area contributed by atoms with Gasteiger partial charge in [0.2, 0.25) is 6.43 Å². The summed E-state index contributed by atoms with van der Waals surface area (Å²) in [6.07, 6.45) is -2.75. The lowest BCUT2D eigenvalue weighted by atomic mass is 9.96. The topological polar surface area (TPSA) is 35.2 Å². The summed E-state index contributed by atoms with van der Waals surface area (Å²) in [5.74, 6) is 0.904. The number of hydrogen-bond donors (Lipinski definition) is 1. The molecule has 1 aromatic rings. The zero-order chi connectivity index (χ0) is 13.0. The molecule has 1 atom stereocenters. The second-order valence-corrected chi connectivity index (χ2v) is 4.39. The maximum Gasteiger partial charge on any atom is 0.240 e. The lowest BCUT2D eigenvalue weighted by Gasteiger charge is -2.17. The quantitative estimate of drug-likeness (QED) is 0.859. The van der Waals surface area contributed by atoms with Crippen molar-refractivity contribution < 1.29 is 13.5 Å². The summed E-state index contributed by atoms with van der Waals surface area (Å²) >= 11 is 0. The fraction of sp³-hybridized carbons (Fsp3) is 0.538. The smallest absolute Gasteiger partial charge is 0.240 e. The molecule has 0 saturated carbocycles. The molecule has 0 heterocycles.